The lowest BCUT2D eigenvalue weighted by Crippen LogP contribution is -2.51. The molecule has 3 fully saturated rings. The Labute approximate surface area is 446 Å². The lowest BCUT2D eigenvalue weighted by atomic mass is 9.47. The van der Waals surface area contributed by atoms with E-state index in [-0.39, 0.29) is 12.1 Å². The van der Waals surface area contributed by atoms with Crippen molar-refractivity contribution in [1.82, 2.24) is 0 Å². The van der Waals surface area contributed by atoms with E-state index in [1.807, 2.05) is 0 Å². The number of ether oxygens (including phenoxy) is 1. The first-order valence-corrected chi connectivity index (χ1v) is 33.6. The molecule has 0 spiro atoms. The number of unbranched alkanes of at least 4 members (excludes halogenated alkanes) is 38. The van der Waals surface area contributed by atoms with Gasteiger partial charge in [0.2, 0.25) is 0 Å². The molecule has 3 saturated carbocycles. The topological polar surface area (TPSA) is 26.3 Å². The van der Waals surface area contributed by atoms with Gasteiger partial charge in [0.25, 0.3) is 0 Å². The summed E-state index contributed by atoms with van der Waals surface area (Å²) in [7, 11) is 0. The summed E-state index contributed by atoms with van der Waals surface area (Å²) in [6.07, 6.45) is 74.1. The van der Waals surface area contributed by atoms with E-state index in [0.717, 1.165) is 54.8 Å². The van der Waals surface area contributed by atoms with E-state index in [1.54, 1.807) is 5.57 Å². The summed E-state index contributed by atoms with van der Waals surface area (Å²) in [5.74, 6) is 5.34. The number of fused-ring (bicyclic) bond motifs is 5. The molecule has 71 heavy (non-hydrogen) atoms. The van der Waals surface area contributed by atoms with Crippen LogP contribution in [0.15, 0.2) is 11.6 Å². The van der Waals surface area contributed by atoms with Crippen molar-refractivity contribution in [3.63, 3.8) is 0 Å². The largest absolute Gasteiger partial charge is 0.462 e. The van der Waals surface area contributed by atoms with Gasteiger partial charge in [-0.25, -0.2) is 0 Å². The Bertz CT molecular complexity index is 1310. The Morgan fingerprint density at radius 2 is 0.901 bits per heavy atom. The molecular weight excluding hydrogens is 861 g/mol. The summed E-state index contributed by atoms with van der Waals surface area (Å²) in [4.78, 5) is 13.0. The van der Waals surface area contributed by atoms with Gasteiger partial charge in [0.1, 0.15) is 6.10 Å². The molecule has 0 saturated heterocycles. The molecule has 0 bridgehead atoms. The summed E-state index contributed by atoms with van der Waals surface area (Å²) in [6, 6.07) is 0. The fraction of sp³-hybridized carbons (Fsp3) is 0.957. The van der Waals surface area contributed by atoms with Gasteiger partial charge in [0.15, 0.2) is 0 Å². The molecule has 8 unspecified atom stereocenters. The fourth-order valence-electron chi connectivity index (χ4n) is 15.9. The Morgan fingerprint density at radius 3 is 1.31 bits per heavy atom. The maximum atomic E-state index is 13.0. The van der Waals surface area contributed by atoms with Crippen LogP contribution in [0.1, 0.15) is 369 Å². The molecule has 0 aromatic heterocycles. The van der Waals surface area contributed by atoms with Crippen LogP contribution in [0.3, 0.4) is 0 Å². The van der Waals surface area contributed by atoms with Gasteiger partial charge in [-0.3, -0.25) is 4.79 Å². The molecule has 0 aliphatic heterocycles. The van der Waals surface area contributed by atoms with Crippen LogP contribution in [-0.4, -0.2) is 12.1 Å². The minimum Gasteiger partial charge on any atom is -0.462 e. The zero-order chi connectivity index (χ0) is 50.7. The van der Waals surface area contributed by atoms with Crippen molar-refractivity contribution in [1.29, 1.82) is 0 Å². The summed E-state index contributed by atoms with van der Waals surface area (Å²) in [5, 5.41) is 0. The van der Waals surface area contributed by atoms with Gasteiger partial charge in [-0.2, -0.15) is 0 Å². The second-order valence-corrected chi connectivity index (χ2v) is 26.8. The molecule has 0 aromatic rings. The quantitative estimate of drug-likeness (QED) is 0.0345. The number of esters is 1. The molecular formula is C69H128O2. The summed E-state index contributed by atoms with van der Waals surface area (Å²) >= 11 is 0. The van der Waals surface area contributed by atoms with Crippen molar-refractivity contribution < 1.29 is 9.53 Å². The SMILES string of the molecule is CCCCCCCCCCCCCCCCCCCCCCCCCCCCCCCCCCCCCCCCCC(=O)OC1CCC2(C)C(=CCC3C2CCC2(C)C(C(C)CCCC(C)C)CCC32)C1. The molecule has 4 rings (SSSR count). The highest BCUT2D eigenvalue weighted by molar-refractivity contribution is 5.69. The molecule has 4 aliphatic rings. The number of allylic oxidation sites excluding steroid dienone is 1. The highest BCUT2D eigenvalue weighted by atomic mass is 16.5. The van der Waals surface area contributed by atoms with Gasteiger partial charge in [0, 0.05) is 12.8 Å². The molecule has 2 heteroatoms. The molecule has 416 valence electrons. The maximum absolute atomic E-state index is 13.0. The van der Waals surface area contributed by atoms with Crippen molar-refractivity contribution in [2.24, 2.45) is 46.3 Å². The summed E-state index contributed by atoms with van der Waals surface area (Å²) < 4.78 is 6.19. The number of hydrogen-bond acceptors (Lipinski definition) is 2. The number of carbonyl (C=O) groups is 1. The Kier molecular flexibility index (Phi) is 34.2. The number of carbonyl (C=O) groups excluding carboxylic acids is 1. The van der Waals surface area contributed by atoms with Crippen LogP contribution >= 0.6 is 0 Å². The molecule has 4 aliphatic carbocycles. The van der Waals surface area contributed by atoms with E-state index >= 15 is 0 Å². The summed E-state index contributed by atoms with van der Waals surface area (Å²) in [6.45, 7) is 15.0. The van der Waals surface area contributed by atoms with Gasteiger partial charge < -0.3 is 4.74 Å². The number of hydrogen-bond donors (Lipinski definition) is 0. The third-order valence-electron chi connectivity index (χ3n) is 20.5. The molecule has 0 amide bonds. The van der Waals surface area contributed by atoms with Gasteiger partial charge in [-0.15, -0.1) is 0 Å². The molecule has 0 N–H and O–H groups in total. The highest BCUT2D eigenvalue weighted by Crippen LogP contribution is 2.67. The smallest absolute Gasteiger partial charge is 0.306 e. The van der Waals surface area contributed by atoms with E-state index in [1.165, 1.54) is 302 Å². The van der Waals surface area contributed by atoms with Crippen molar-refractivity contribution in [3.05, 3.63) is 11.6 Å². The first-order valence-electron chi connectivity index (χ1n) is 33.6. The Balaban J connectivity index is 0.838. The van der Waals surface area contributed by atoms with E-state index in [9.17, 15) is 4.79 Å². The first-order chi connectivity index (χ1) is 34.7. The average molecular weight is 990 g/mol. The Morgan fingerprint density at radius 1 is 0.493 bits per heavy atom. The molecule has 2 nitrogen and oxygen atoms in total. The van der Waals surface area contributed by atoms with E-state index < -0.39 is 0 Å². The van der Waals surface area contributed by atoms with Crippen LogP contribution in [0.2, 0.25) is 0 Å². The van der Waals surface area contributed by atoms with Crippen molar-refractivity contribution in [3.8, 4) is 0 Å². The third kappa shape index (κ3) is 24.8. The van der Waals surface area contributed by atoms with E-state index in [0.29, 0.717) is 17.3 Å². The van der Waals surface area contributed by atoms with Gasteiger partial charge in [-0.1, -0.05) is 316 Å². The lowest BCUT2D eigenvalue weighted by Gasteiger charge is -2.58. The number of rotatable bonds is 46. The minimum absolute atomic E-state index is 0.0716. The van der Waals surface area contributed by atoms with E-state index in [4.69, 9.17) is 4.74 Å². The first kappa shape index (κ1) is 62.7. The fourth-order valence-corrected chi connectivity index (χ4v) is 15.9. The van der Waals surface area contributed by atoms with Crippen LogP contribution in [0.5, 0.6) is 0 Å². The Hall–Kier alpha value is -0.790. The second kappa shape index (κ2) is 38.7. The van der Waals surface area contributed by atoms with Crippen LogP contribution < -0.4 is 0 Å². The lowest BCUT2D eigenvalue weighted by molar-refractivity contribution is -0.151. The zero-order valence-electron chi connectivity index (χ0n) is 49.5. The summed E-state index contributed by atoms with van der Waals surface area (Å²) in [5.41, 5.74) is 2.54. The molecule has 0 radical (unpaired) electrons. The average Bonchev–Trinajstić information content (AvgIpc) is 3.72. The van der Waals surface area contributed by atoms with Gasteiger partial charge >= 0.3 is 5.97 Å². The zero-order valence-corrected chi connectivity index (χ0v) is 49.5. The second-order valence-electron chi connectivity index (χ2n) is 26.8. The van der Waals surface area contributed by atoms with Gasteiger partial charge in [0.05, 0.1) is 0 Å². The highest BCUT2D eigenvalue weighted by Gasteiger charge is 2.59. The van der Waals surface area contributed by atoms with Crippen molar-refractivity contribution >= 4 is 5.97 Å². The monoisotopic (exact) mass is 989 g/mol. The van der Waals surface area contributed by atoms with Crippen LogP contribution in [0, 0.1) is 46.3 Å². The minimum atomic E-state index is 0.0716. The molecule has 8 atom stereocenters. The predicted molar refractivity (Wildman–Crippen MR) is 313 cm³/mol. The maximum Gasteiger partial charge on any atom is 0.306 e. The standard InChI is InChI=1S/C69H128O2/c1-7-8-9-10-11-12-13-14-15-16-17-18-19-20-21-22-23-24-25-26-27-28-29-30-31-32-33-34-35-36-37-38-39-40-41-42-43-44-45-49-67(70)71-62-54-56-68(5)61(58-62)50-51-63-65-53-52-64(60(4)48-46-47-59(2)3)69(65,6)57-55-66(63)68/h50,59-60,62-66H,7-49,51-58H2,1-6H3. The van der Waals surface area contributed by atoms with Crippen LogP contribution in [0.25, 0.3) is 0 Å². The predicted octanol–water partition coefficient (Wildman–Crippen LogP) is 23.6. The van der Waals surface area contributed by atoms with Crippen LogP contribution in [-0.2, 0) is 9.53 Å². The van der Waals surface area contributed by atoms with Crippen molar-refractivity contribution in [2.45, 2.75) is 375 Å². The van der Waals surface area contributed by atoms with Gasteiger partial charge in [-0.05, 0) is 97.7 Å². The third-order valence-corrected chi connectivity index (χ3v) is 20.5. The van der Waals surface area contributed by atoms with E-state index in [2.05, 4.69) is 47.6 Å². The normalized spacial score (nSPS) is 25.5. The van der Waals surface area contributed by atoms with Crippen molar-refractivity contribution in [2.75, 3.05) is 0 Å². The molecule has 0 aromatic carbocycles. The molecule has 0 heterocycles. The van der Waals surface area contributed by atoms with Crippen LogP contribution in [0.4, 0.5) is 0 Å².